The molecule has 1 amide bonds. The lowest BCUT2D eigenvalue weighted by Crippen LogP contribution is -2.25. The maximum Gasteiger partial charge on any atom is 0.308 e. The van der Waals surface area contributed by atoms with E-state index in [2.05, 4.69) is 5.10 Å². The Labute approximate surface area is 121 Å². The van der Waals surface area contributed by atoms with E-state index in [1.54, 1.807) is 15.8 Å². The van der Waals surface area contributed by atoms with Crippen LogP contribution in [0.5, 0.6) is 0 Å². The number of carbonyl (C=O) groups excluding carboxylic acids is 1. The van der Waals surface area contributed by atoms with Gasteiger partial charge >= 0.3 is 5.97 Å². The van der Waals surface area contributed by atoms with Crippen LogP contribution in [0.1, 0.15) is 12.0 Å². The van der Waals surface area contributed by atoms with Gasteiger partial charge in [0, 0.05) is 31.0 Å². The number of rotatable bonds is 4. The smallest absolute Gasteiger partial charge is 0.308 e. The second-order valence-electron chi connectivity index (χ2n) is 5.12. The Morgan fingerprint density at radius 1 is 1.38 bits per heavy atom. The summed E-state index contributed by atoms with van der Waals surface area (Å²) in [7, 11) is 0. The molecule has 0 spiro atoms. The second kappa shape index (κ2) is 5.40. The van der Waals surface area contributed by atoms with Crippen molar-refractivity contribution in [3.8, 4) is 0 Å². The number of hydrogen-bond donors (Lipinski definition) is 1. The number of aromatic nitrogens is 2. The van der Waals surface area contributed by atoms with Crippen LogP contribution in [-0.4, -0.2) is 33.3 Å². The first-order valence-electron chi connectivity index (χ1n) is 6.73. The van der Waals surface area contributed by atoms with Crippen LogP contribution in [0.3, 0.4) is 0 Å². The van der Waals surface area contributed by atoms with E-state index in [0.29, 0.717) is 6.54 Å². The zero-order valence-corrected chi connectivity index (χ0v) is 11.3. The molecule has 6 heteroatoms. The molecule has 1 saturated heterocycles. The van der Waals surface area contributed by atoms with Crippen LogP contribution in [0.25, 0.3) is 0 Å². The molecule has 6 nitrogen and oxygen atoms in total. The SMILES string of the molecule is O=C(O)[C@@H]1CC(=O)N(c2cccc(Cn3cccn3)c2)C1. The monoisotopic (exact) mass is 285 g/mol. The minimum Gasteiger partial charge on any atom is -0.481 e. The molecule has 1 aromatic heterocycles. The van der Waals surface area contributed by atoms with Crippen LogP contribution in [0.4, 0.5) is 5.69 Å². The summed E-state index contributed by atoms with van der Waals surface area (Å²) in [5, 5.41) is 13.2. The zero-order chi connectivity index (χ0) is 14.8. The molecule has 0 unspecified atom stereocenters. The van der Waals surface area contributed by atoms with E-state index < -0.39 is 11.9 Å². The molecule has 21 heavy (non-hydrogen) atoms. The minimum atomic E-state index is -0.918. The van der Waals surface area contributed by atoms with Gasteiger partial charge in [0.25, 0.3) is 0 Å². The third kappa shape index (κ3) is 2.79. The van der Waals surface area contributed by atoms with Crippen molar-refractivity contribution in [3.63, 3.8) is 0 Å². The average molecular weight is 285 g/mol. The first-order valence-corrected chi connectivity index (χ1v) is 6.73. The normalized spacial score (nSPS) is 18.2. The highest BCUT2D eigenvalue weighted by molar-refractivity contribution is 5.99. The van der Waals surface area contributed by atoms with Crippen molar-refractivity contribution in [1.82, 2.24) is 9.78 Å². The molecule has 2 aromatic rings. The molecule has 0 aliphatic carbocycles. The van der Waals surface area contributed by atoms with Crippen molar-refractivity contribution < 1.29 is 14.7 Å². The molecule has 1 aromatic carbocycles. The number of hydrogen-bond acceptors (Lipinski definition) is 3. The Kier molecular flexibility index (Phi) is 3.43. The molecule has 0 radical (unpaired) electrons. The Bertz CT molecular complexity index is 667. The number of carbonyl (C=O) groups is 2. The summed E-state index contributed by atoms with van der Waals surface area (Å²) < 4.78 is 1.80. The summed E-state index contributed by atoms with van der Waals surface area (Å²) in [6.07, 6.45) is 3.65. The van der Waals surface area contributed by atoms with E-state index in [9.17, 15) is 9.59 Å². The highest BCUT2D eigenvalue weighted by Crippen LogP contribution is 2.26. The van der Waals surface area contributed by atoms with E-state index in [0.717, 1.165) is 11.3 Å². The highest BCUT2D eigenvalue weighted by Gasteiger charge is 2.35. The van der Waals surface area contributed by atoms with Crippen LogP contribution in [0.2, 0.25) is 0 Å². The molecule has 0 bridgehead atoms. The Morgan fingerprint density at radius 3 is 2.90 bits per heavy atom. The number of amides is 1. The summed E-state index contributed by atoms with van der Waals surface area (Å²) >= 11 is 0. The molecule has 108 valence electrons. The van der Waals surface area contributed by atoms with Gasteiger partial charge in [0.15, 0.2) is 0 Å². The van der Waals surface area contributed by atoms with Crippen LogP contribution < -0.4 is 4.90 Å². The average Bonchev–Trinajstić information content (AvgIpc) is 3.08. The number of aliphatic carboxylic acids is 1. The first-order chi connectivity index (χ1) is 10.1. The van der Waals surface area contributed by atoms with Crippen molar-refractivity contribution in [2.45, 2.75) is 13.0 Å². The Morgan fingerprint density at radius 2 is 2.24 bits per heavy atom. The lowest BCUT2D eigenvalue weighted by atomic mass is 10.1. The number of carboxylic acid groups (broad SMARTS) is 1. The van der Waals surface area contributed by atoms with Crippen LogP contribution in [0, 0.1) is 5.92 Å². The van der Waals surface area contributed by atoms with Crippen LogP contribution in [0.15, 0.2) is 42.7 Å². The standard InChI is InChI=1S/C15H15N3O3/c19-14-8-12(15(20)21)10-18(14)13-4-1-3-11(7-13)9-17-6-2-5-16-17/h1-7,12H,8-10H2,(H,20,21)/t12-/m1/s1. The molecular weight excluding hydrogens is 270 g/mol. The second-order valence-corrected chi connectivity index (χ2v) is 5.12. The fourth-order valence-corrected chi connectivity index (χ4v) is 2.53. The highest BCUT2D eigenvalue weighted by atomic mass is 16.4. The van der Waals surface area contributed by atoms with E-state index in [-0.39, 0.29) is 18.9 Å². The third-order valence-electron chi connectivity index (χ3n) is 3.60. The van der Waals surface area contributed by atoms with Gasteiger partial charge in [0.2, 0.25) is 5.91 Å². The molecule has 1 aliphatic rings. The van der Waals surface area contributed by atoms with Gasteiger partial charge in [-0.05, 0) is 23.8 Å². The fourth-order valence-electron chi connectivity index (χ4n) is 2.53. The van der Waals surface area contributed by atoms with Gasteiger partial charge in [0.05, 0.1) is 12.5 Å². The minimum absolute atomic E-state index is 0.0682. The molecule has 0 saturated carbocycles. The van der Waals surface area contributed by atoms with E-state index >= 15 is 0 Å². The van der Waals surface area contributed by atoms with Gasteiger partial charge in [-0.3, -0.25) is 14.3 Å². The predicted octanol–water partition coefficient (Wildman–Crippen LogP) is 1.37. The van der Waals surface area contributed by atoms with Gasteiger partial charge < -0.3 is 10.0 Å². The van der Waals surface area contributed by atoms with Crippen LogP contribution in [-0.2, 0) is 16.1 Å². The first kappa shape index (κ1) is 13.4. The van der Waals surface area contributed by atoms with Crippen molar-refractivity contribution in [3.05, 3.63) is 48.3 Å². The maximum atomic E-state index is 12.0. The molecule has 1 fully saturated rings. The largest absolute Gasteiger partial charge is 0.481 e. The van der Waals surface area contributed by atoms with Gasteiger partial charge in [-0.15, -0.1) is 0 Å². The summed E-state index contributed by atoms with van der Waals surface area (Å²) in [6, 6.07) is 9.42. The topological polar surface area (TPSA) is 75.4 Å². The summed E-state index contributed by atoms with van der Waals surface area (Å²) in [5.41, 5.74) is 1.76. The number of anilines is 1. The van der Waals surface area contributed by atoms with Crippen molar-refractivity contribution in [2.75, 3.05) is 11.4 Å². The zero-order valence-electron chi connectivity index (χ0n) is 11.3. The fraction of sp³-hybridized carbons (Fsp3) is 0.267. The van der Waals surface area contributed by atoms with Gasteiger partial charge in [-0.25, -0.2) is 0 Å². The quantitative estimate of drug-likeness (QED) is 0.920. The molecule has 1 N–H and O–H groups in total. The van der Waals surface area contributed by atoms with E-state index in [1.807, 2.05) is 36.5 Å². The molecule has 1 atom stereocenters. The molecule has 2 heterocycles. The summed E-state index contributed by atoms with van der Waals surface area (Å²) in [4.78, 5) is 24.5. The van der Waals surface area contributed by atoms with Crippen molar-refractivity contribution >= 4 is 17.6 Å². The van der Waals surface area contributed by atoms with Crippen molar-refractivity contribution in [2.24, 2.45) is 5.92 Å². The van der Waals surface area contributed by atoms with E-state index in [1.165, 1.54) is 0 Å². The third-order valence-corrected chi connectivity index (χ3v) is 3.60. The van der Waals surface area contributed by atoms with Crippen molar-refractivity contribution in [1.29, 1.82) is 0 Å². The molecule has 1 aliphatic heterocycles. The van der Waals surface area contributed by atoms with Gasteiger partial charge in [-0.2, -0.15) is 5.10 Å². The van der Waals surface area contributed by atoms with Gasteiger partial charge in [0.1, 0.15) is 0 Å². The molecule has 3 rings (SSSR count). The molecular formula is C15H15N3O3. The Hall–Kier alpha value is -2.63. The maximum absolute atomic E-state index is 12.0. The summed E-state index contributed by atoms with van der Waals surface area (Å²) in [6.45, 7) is 0.852. The van der Waals surface area contributed by atoms with Crippen LogP contribution >= 0.6 is 0 Å². The predicted molar refractivity (Wildman–Crippen MR) is 75.9 cm³/mol. The number of benzene rings is 1. The Balaban J connectivity index is 1.80. The number of carboxylic acids is 1. The summed E-state index contributed by atoms with van der Waals surface area (Å²) in [5.74, 6) is -1.68. The lowest BCUT2D eigenvalue weighted by molar-refractivity contribution is -0.141. The van der Waals surface area contributed by atoms with E-state index in [4.69, 9.17) is 5.11 Å². The lowest BCUT2D eigenvalue weighted by Gasteiger charge is -2.17. The number of nitrogens with zero attached hydrogens (tertiary/aromatic N) is 3. The van der Waals surface area contributed by atoms with Gasteiger partial charge in [-0.1, -0.05) is 12.1 Å².